The maximum absolute atomic E-state index is 10.9. The van der Waals surface area contributed by atoms with Gasteiger partial charge in [0.2, 0.25) is 0 Å². The fourth-order valence-corrected chi connectivity index (χ4v) is 2.89. The Morgan fingerprint density at radius 3 is 2.63 bits per heavy atom. The Hall–Kier alpha value is -1.82. The molecule has 6 heteroatoms. The van der Waals surface area contributed by atoms with E-state index in [1.165, 1.54) is 11.3 Å². The summed E-state index contributed by atoms with van der Waals surface area (Å²) in [6.07, 6.45) is 0. The van der Waals surface area contributed by atoms with Gasteiger partial charge in [-0.2, -0.15) is 0 Å². The van der Waals surface area contributed by atoms with Crippen LogP contribution in [0.1, 0.15) is 45.4 Å². The predicted octanol–water partition coefficient (Wildman–Crippen LogP) is 3.53. The molecule has 1 unspecified atom stereocenters. The van der Waals surface area contributed by atoms with E-state index in [4.69, 9.17) is 9.52 Å². The highest BCUT2D eigenvalue weighted by Gasteiger charge is 2.17. The third kappa shape index (κ3) is 2.78. The molecule has 5 nitrogen and oxygen atoms in total. The Bertz CT molecular complexity index is 615. The quantitative estimate of drug-likeness (QED) is 0.896. The highest BCUT2D eigenvalue weighted by molar-refractivity contribution is 7.15. The minimum Gasteiger partial charge on any atom is -0.476 e. The van der Waals surface area contributed by atoms with Crippen molar-refractivity contribution in [1.82, 2.24) is 4.98 Å². The molecule has 2 aromatic heterocycles. The zero-order valence-electron chi connectivity index (χ0n) is 11.3. The highest BCUT2D eigenvalue weighted by Crippen LogP contribution is 2.28. The van der Waals surface area contributed by atoms with E-state index < -0.39 is 5.97 Å². The molecule has 0 fully saturated rings. The zero-order valence-corrected chi connectivity index (χ0v) is 12.1. The van der Waals surface area contributed by atoms with Crippen LogP contribution in [-0.2, 0) is 0 Å². The van der Waals surface area contributed by atoms with Gasteiger partial charge in [-0.25, -0.2) is 9.78 Å². The lowest BCUT2D eigenvalue weighted by Gasteiger charge is -2.11. The Labute approximate surface area is 115 Å². The van der Waals surface area contributed by atoms with Crippen LogP contribution in [0.3, 0.4) is 0 Å². The van der Waals surface area contributed by atoms with E-state index in [0.29, 0.717) is 10.0 Å². The van der Waals surface area contributed by atoms with Crippen LogP contribution in [0.5, 0.6) is 0 Å². The summed E-state index contributed by atoms with van der Waals surface area (Å²) in [6.45, 7) is 7.56. The monoisotopic (exact) mass is 280 g/mol. The third-order valence-corrected chi connectivity index (χ3v) is 3.79. The Morgan fingerprint density at radius 1 is 1.47 bits per heavy atom. The molecule has 0 saturated carbocycles. The van der Waals surface area contributed by atoms with E-state index in [-0.39, 0.29) is 11.7 Å². The van der Waals surface area contributed by atoms with Crippen LogP contribution in [0, 0.1) is 20.8 Å². The Balaban J connectivity index is 2.19. The zero-order chi connectivity index (χ0) is 14.2. The molecule has 102 valence electrons. The normalized spacial score (nSPS) is 12.4. The van der Waals surface area contributed by atoms with Gasteiger partial charge in [0.05, 0.1) is 6.04 Å². The molecule has 0 aromatic carbocycles. The third-order valence-electron chi connectivity index (χ3n) is 2.89. The van der Waals surface area contributed by atoms with E-state index in [1.54, 1.807) is 6.92 Å². The molecule has 0 amide bonds. The molecule has 0 radical (unpaired) electrons. The number of aryl methyl sites for hydroxylation is 3. The molecule has 2 N–H and O–H groups in total. The number of hydrogen-bond acceptors (Lipinski definition) is 5. The molecular formula is C13H16N2O3S. The fourth-order valence-electron chi connectivity index (χ4n) is 2.00. The van der Waals surface area contributed by atoms with Gasteiger partial charge in [0.1, 0.15) is 11.5 Å². The number of rotatable bonds is 4. The summed E-state index contributed by atoms with van der Waals surface area (Å²) in [4.78, 5) is 15.7. The summed E-state index contributed by atoms with van der Waals surface area (Å²) in [5.41, 5.74) is 1.17. The maximum atomic E-state index is 10.9. The number of hydrogen-bond donors (Lipinski definition) is 2. The first-order valence-corrected chi connectivity index (χ1v) is 6.74. The van der Waals surface area contributed by atoms with Crippen molar-refractivity contribution in [1.29, 1.82) is 0 Å². The van der Waals surface area contributed by atoms with Crippen LogP contribution in [0.25, 0.3) is 0 Å². The second kappa shape index (κ2) is 5.05. The first kappa shape index (κ1) is 13.6. The second-order valence-electron chi connectivity index (χ2n) is 4.46. The van der Waals surface area contributed by atoms with Crippen molar-refractivity contribution in [3.63, 3.8) is 0 Å². The molecule has 0 aliphatic rings. The van der Waals surface area contributed by atoms with Crippen molar-refractivity contribution in [2.45, 2.75) is 33.7 Å². The Kier molecular flexibility index (Phi) is 3.61. The van der Waals surface area contributed by atoms with E-state index in [1.807, 2.05) is 26.8 Å². The van der Waals surface area contributed by atoms with E-state index in [0.717, 1.165) is 17.1 Å². The summed E-state index contributed by atoms with van der Waals surface area (Å²) in [5.74, 6) is 0.733. The van der Waals surface area contributed by atoms with Crippen LogP contribution in [0.4, 0.5) is 5.13 Å². The van der Waals surface area contributed by atoms with Crippen molar-refractivity contribution in [2.24, 2.45) is 0 Å². The van der Waals surface area contributed by atoms with Crippen LogP contribution in [0.2, 0.25) is 0 Å². The van der Waals surface area contributed by atoms with Crippen molar-refractivity contribution in [3.05, 3.63) is 33.7 Å². The minimum absolute atomic E-state index is 0.0182. The number of anilines is 1. The molecule has 19 heavy (non-hydrogen) atoms. The van der Waals surface area contributed by atoms with Gasteiger partial charge < -0.3 is 14.8 Å². The lowest BCUT2D eigenvalue weighted by Crippen LogP contribution is -2.07. The van der Waals surface area contributed by atoms with Crippen LogP contribution in [-0.4, -0.2) is 16.1 Å². The Morgan fingerprint density at radius 2 is 2.16 bits per heavy atom. The van der Waals surface area contributed by atoms with E-state index >= 15 is 0 Å². The van der Waals surface area contributed by atoms with Crippen LogP contribution >= 0.6 is 11.3 Å². The van der Waals surface area contributed by atoms with Crippen LogP contribution < -0.4 is 5.32 Å². The average Bonchev–Trinajstić information content (AvgIpc) is 2.81. The number of furan rings is 1. The number of carboxylic acids is 1. The second-order valence-corrected chi connectivity index (χ2v) is 5.67. The molecular weight excluding hydrogens is 264 g/mol. The summed E-state index contributed by atoms with van der Waals surface area (Å²) < 4.78 is 5.49. The van der Waals surface area contributed by atoms with Gasteiger partial charge in [0.25, 0.3) is 0 Å². The van der Waals surface area contributed by atoms with E-state index in [9.17, 15) is 4.79 Å². The summed E-state index contributed by atoms with van der Waals surface area (Å²) >= 11 is 1.34. The van der Waals surface area contributed by atoms with Gasteiger partial charge >= 0.3 is 5.97 Å². The topological polar surface area (TPSA) is 75.4 Å². The average molecular weight is 280 g/mol. The lowest BCUT2D eigenvalue weighted by molar-refractivity contribution is 0.0690. The van der Waals surface area contributed by atoms with Gasteiger partial charge in [0, 0.05) is 10.4 Å². The van der Waals surface area contributed by atoms with Gasteiger partial charge in [-0.05, 0) is 33.8 Å². The summed E-state index contributed by atoms with van der Waals surface area (Å²) in [7, 11) is 0. The van der Waals surface area contributed by atoms with Gasteiger partial charge in [-0.3, -0.25) is 0 Å². The fraction of sp³-hybridized carbons (Fsp3) is 0.385. The van der Waals surface area contributed by atoms with Crippen LogP contribution in [0.15, 0.2) is 10.5 Å². The molecule has 1 atom stereocenters. The number of carboxylic acid groups (broad SMARTS) is 1. The number of aromatic carboxylic acids is 1. The molecule has 0 aliphatic carbocycles. The number of nitrogens with zero attached hydrogens (tertiary/aromatic N) is 1. The molecule has 2 aromatic rings. The largest absolute Gasteiger partial charge is 0.476 e. The van der Waals surface area contributed by atoms with Gasteiger partial charge in [0.15, 0.2) is 10.8 Å². The highest BCUT2D eigenvalue weighted by atomic mass is 32.1. The maximum Gasteiger partial charge on any atom is 0.355 e. The molecule has 0 spiro atoms. The predicted molar refractivity (Wildman–Crippen MR) is 74.0 cm³/mol. The van der Waals surface area contributed by atoms with Crippen molar-refractivity contribution in [2.75, 3.05) is 5.32 Å². The standard InChI is InChI=1S/C13H16N2O3S/c1-6-5-10(8(3)18-6)7(2)14-13-15-11(12(16)17)9(4)19-13/h5,7H,1-4H3,(H,14,15)(H,16,17). The SMILES string of the molecule is Cc1cc(C(C)Nc2nc(C(=O)O)c(C)s2)c(C)o1. The van der Waals surface area contributed by atoms with Gasteiger partial charge in [-0.1, -0.05) is 0 Å². The van der Waals surface area contributed by atoms with Crippen molar-refractivity contribution in [3.8, 4) is 0 Å². The number of carbonyl (C=O) groups is 1. The summed E-state index contributed by atoms with van der Waals surface area (Å²) in [6, 6.07) is 2.00. The number of thiazole rings is 1. The molecule has 2 rings (SSSR count). The first-order chi connectivity index (χ1) is 8.88. The minimum atomic E-state index is -0.996. The van der Waals surface area contributed by atoms with Gasteiger partial charge in [-0.15, -0.1) is 11.3 Å². The smallest absolute Gasteiger partial charge is 0.355 e. The molecule has 2 heterocycles. The molecule has 0 saturated heterocycles. The van der Waals surface area contributed by atoms with Crippen molar-refractivity contribution < 1.29 is 14.3 Å². The molecule has 0 aliphatic heterocycles. The van der Waals surface area contributed by atoms with E-state index in [2.05, 4.69) is 10.3 Å². The first-order valence-electron chi connectivity index (χ1n) is 5.92. The molecule has 0 bridgehead atoms. The summed E-state index contributed by atoms with van der Waals surface area (Å²) in [5, 5.41) is 12.8. The number of aromatic nitrogens is 1. The van der Waals surface area contributed by atoms with Crippen molar-refractivity contribution >= 4 is 22.4 Å². The lowest BCUT2D eigenvalue weighted by atomic mass is 10.1. The number of nitrogens with one attached hydrogen (secondary N) is 1.